The fourth-order valence-corrected chi connectivity index (χ4v) is 6.36. The molecule has 0 saturated heterocycles. The number of fused-ring (bicyclic) bond motifs is 1. The van der Waals surface area contributed by atoms with E-state index in [2.05, 4.69) is 76.6 Å². The Morgan fingerprint density at radius 2 is 2.05 bits per heavy atom. The van der Waals surface area contributed by atoms with Crippen molar-refractivity contribution in [1.82, 2.24) is 9.97 Å². The molecule has 1 unspecified atom stereocenters. The van der Waals surface area contributed by atoms with Gasteiger partial charge in [-0.3, -0.25) is 4.99 Å². The van der Waals surface area contributed by atoms with Gasteiger partial charge in [-0.1, -0.05) is 43.8 Å². The summed E-state index contributed by atoms with van der Waals surface area (Å²) in [6.45, 7) is 4.94. The second kappa shape index (κ2) is 13.7. The molecule has 2 aromatic heterocycles. The third-order valence-electron chi connectivity index (χ3n) is 7.64. The van der Waals surface area contributed by atoms with Crippen LogP contribution in [0, 0.1) is 12.0 Å². The summed E-state index contributed by atoms with van der Waals surface area (Å²) < 4.78 is 0. The molecule has 8 heteroatoms. The van der Waals surface area contributed by atoms with Crippen LogP contribution < -0.4 is 11.1 Å². The van der Waals surface area contributed by atoms with Gasteiger partial charge < -0.3 is 21.1 Å². The van der Waals surface area contributed by atoms with Gasteiger partial charge in [0.25, 0.3) is 0 Å². The molecule has 3 heterocycles. The van der Waals surface area contributed by atoms with Crippen molar-refractivity contribution in [2.45, 2.75) is 75.8 Å². The highest BCUT2D eigenvalue weighted by atomic mass is 32.2. The number of aliphatic imine (C=N–C) groups is 1. The minimum Gasteiger partial charge on any atom is -0.405 e. The first-order valence-electron chi connectivity index (χ1n) is 14.5. The SMILES string of the molecule is CCc1cc(-c2ccc3c(c2)SC(Nc2cc(CN=CC=CN)cc([N+]#CC4CCC(O)CC4)n2)=CCC3C)c[nH]1. The minimum atomic E-state index is -0.197. The second-order valence-electron chi connectivity index (χ2n) is 10.8. The topological polar surface area (TPSA) is 104 Å². The van der Waals surface area contributed by atoms with E-state index in [9.17, 15) is 5.11 Å². The van der Waals surface area contributed by atoms with Crippen molar-refractivity contribution < 1.29 is 5.11 Å². The number of pyridine rings is 1. The zero-order valence-corrected chi connectivity index (χ0v) is 24.6. The van der Waals surface area contributed by atoms with Crippen LogP contribution in [-0.4, -0.2) is 27.4 Å². The summed E-state index contributed by atoms with van der Waals surface area (Å²) in [5.41, 5.74) is 11.5. The maximum absolute atomic E-state index is 9.83. The van der Waals surface area contributed by atoms with Gasteiger partial charge >= 0.3 is 5.82 Å². The van der Waals surface area contributed by atoms with Crippen LogP contribution in [0.15, 0.2) is 75.9 Å². The van der Waals surface area contributed by atoms with Crippen molar-refractivity contribution in [3.8, 4) is 17.2 Å². The Morgan fingerprint density at radius 1 is 1.20 bits per heavy atom. The average Bonchev–Trinajstić information content (AvgIpc) is 3.41. The molecule has 0 radical (unpaired) electrons. The summed E-state index contributed by atoms with van der Waals surface area (Å²) in [5.74, 6) is 2.00. The summed E-state index contributed by atoms with van der Waals surface area (Å²) in [7, 11) is 0. The quantitative estimate of drug-likeness (QED) is 0.219. The van der Waals surface area contributed by atoms with Gasteiger partial charge in [0.2, 0.25) is 5.82 Å². The molecule has 1 fully saturated rings. The Labute approximate surface area is 246 Å². The summed E-state index contributed by atoms with van der Waals surface area (Å²) in [6, 6.07) is 16.3. The number of H-pyrrole nitrogens is 1. The van der Waals surface area contributed by atoms with Gasteiger partial charge in [-0.2, -0.15) is 4.85 Å². The molecule has 1 aliphatic carbocycles. The normalized spacial score (nSPS) is 20.8. The molecule has 5 rings (SSSR count). The number of aromatic amines is 1. The number of hydrogen-bond acceptors (Lipinski definition) is 6. The van der Waals surface area contributed by atoms with E-state index in [0.29, 0.717) is 18.3 Å². The number of hydrogen-bond donors (Lipinski definition) is 4. The minimum absolute atomic E-state index is 0.197. The Morgan fingerprint density at radius 3 is 2.83 bits per heavy atom. The summed E-state index contributed by atoms with van der Waals surface area (Å²) in [6.07, 6.45) is 14.4. The molecular formula is C33H39N6OS+. The number of thioether (sulfide) groups is 1. The highest BCUT2D eigenvalue weighted by Gasteiger charge is 2.22. The van der Waals surface area contributed by atoms with Crippen molar-refractivity contribution in [2.24, 2.45) is 16.6 Å². The van der Waals surface area contributed by atoms with E-state index in [4.69, 9.17) is 10.7 Å². The van der Waals surface area contributed by atoms with Crippen LogP contribution in [0.5, 0.6) is 0 Å². The van der Waals surface area contributed by atoms with Crippen LogP contribution in [0.1, 0.15) is 68.7 Å². The first-order valence-corrected chi connectivity index (χ1v) is 15.3. The molecule has 212 valence electrons. The lowest BCUT2D eigenvalue weighted by atomic mass is 9.89. The number of allylic oxidation sites excluding steroid dienone is 2. The molecular weight excluding hydrogens is 528 g/mol. The maximum atomic E-state index is 9.83. The molecule has 1 saturated carbocycles. The number of aromatic nitrogens is 2. The number of nitrogens with two attached hydrogens (primary N) is 1. The van der Waals surface area contributed by atoms with Crippen LogP contribution in [0.3, 0.4) is 0 Å². The predicted octanol–water partition coefficient (Wildman–Crippen LogP) is 7.75. The van der Waals surface area contributed by atoms with Gasteiger partial charge in [0.05, 0.1) is 29.7 Å². The van der Waals surface area contributed by atoms with Gasteiger partial charge in [0, 0.05) is 29.1 Å². The molecule has 3 aromatic rings. The van der Waals surface area contributed by atoms with Crippen LogP contribution in [0.2, 0.25) is 0 Å². The maximum Gasteiger partial charge on any atom is 0.428 e. The van der Waals surface area contributed by atoms with Crippen molar-refractivity contribution >= 4 is 29.6 Å². The van der Waals surface area contributed by atoms with Crippen LogP contribution in [0.25, 0.3) is 16.0 Å². The third-order valence-corrected chi connectivity index (χ3v) is 8.70. The molecule has 1 aliphatic heterocycles. The first-order chi connectivity index (χ1) is 20.0. The molecule has 7 nitrogen and oxygen atoms in total. The molecule has 41 heavy (non-hydrogen) atoms. The highest BCUT2D eigenvalue weighted by molar-refractivity contribution is 8.03. The highest BCUT2D eigenvalue weighted by Crippen LogP contribution is 2.41. The van der Waals surface area contributed by atoms with E-state index in [1.54, 1.807) is 24.1 Å². The van der Waals surface area contributed by atoms with Crippen LogP contribution in [-0.2, 0) is 13.0 Å². The fourth-order valence-electron chi connectivity index (χ4n) is 5.21. The van der Waals surface area contributed by atoms with Gasteiger partial charge in [0.15, 0.2) is 6.07 Å². The van der Waals surface area contributed by atoms with Crippen LogP contribution >= 0.6 is 11.8 Å². The number of aliphatic hydroxyl groups is 1. The number of nitrogens with zero attached hydrogens (tertiary/aromatic N) is 3. The smallest absolute Gasteiger partial charge is 0.405 e. The Kier molecular flexibility index (Phi) is 9.60. The van der Waals surface area contributed by atoms with Gasteiger partial charge in [-0.15, -0.1) is 0 Å². The lowest BCUT2D eigenvalue weighted by Gasteiger charge is -2.18. The summed E-state index contributed by atoms with van der Waals surface area (Å²) in [5, 5.41) is 14.5. The Bertz CT molecular complexity index is 1500. The van der Waals surface area contributed by atoms with E-state index in [-0.39, 0.29) is 12.0 Å². The average molecular weight is 568 g/mol. The predicted molar refractivity (Wildman–Crippen MR) is 171 cm³/mol. The zero-order chi connectivity index (χ0) is 28.6. The molecule has 0 bridgehead atoms. The van der Waals surface area contributed by atoms with E-state index in [1.165, 1.54) is 33.5 Å². The summed E-state index contributed by atoms with van der Waals surface area (Å²) >= 11 is 1.75. The van der Waals surface area contributed by atoms with E-state index in [0.717, 1.165) is 54.9 Å². The number of benzene rings is 1. The van der Waals surface area contributed by atoms with E-state index >= 15 is 0 Å². The number of anilines is 1. The third kappa shape index (κ3) is 7.69. The number of nitrogens with one attached hydrogen (secondary N) is 2. The zero-order valence-electron chi connectivity index (χ0n) is 23.8. The number of aliphatic hydroxyl groups excluding tert-OH is 1. The lowest BCUT2D eigenvalue weighted by Crippen LogP contribution is -2.16. The number of aryl methyl sites for hydroxylation is 1. The van der Waals surface area contributed by atoms with Gasteiger partial charge in [-0.05, 0) is 96.1 Å². The molecule has 1 aromatic carbocycles. The molecule has 2 aliphatic rings. The molecule has 0 spiro atoms. The first kappa shape index (κ1) is 28.7. The Balaban J connectivity index is 1.39. The fraction of sp³-hybridized carbons (Fsp3) is 0.364. The van der Waals surface area contributed by atoms with E-state index < -0.39 is 0 Å². The lowest BCUT2D eigenvalue weighted by molar-refractivity contribution is 0.119. The number of rotatable bonds is 7. The summed E-state index contributed by atoms with van der Waals surface area (Å²) in [4.78, 5) is 18.6. The van der Waals surface area contributed by atoms with Gasteiger partial charge in [0.1, 0.15) is 0 Å². The van der Waals surface area contributed by atoms with Gasteiger partial charge in [-0.25, -0.2) is 0 Å². The standard InChI is InChI=1S/C33H39N6OS/c1-3-27-17-26(21-36-27)25-8-11-29-22(2)5-12-33(41-30(29)18-25)39-32-16-24(19-35-14-4-13-34)15-31(38-32)37-20-23-6-9-28(40)10-7-23/h4,8,11-18,21-23,28,36,40H,3,5-7,9-10,19,34H2,1-2H3,(H,38,39)/q+1. The monoisotopic (exact) mass is 567 g/mol. The van der Waals surface area contributed by atoms with Crippen molar-refractivity contribution in [1.29, 1.82) is 0 Å². The molecule has 1 atom stereocenters. The van der Waals surface area contributed by atoms with Crippen molar-refractivity contribution in [3.63, 3.8) is 0 Å². The van der Waals surface area contributed by atoms with E-state index in [1.807, 2.05) is 12.1 Å². The Hall–Kier alpha value is -3.80. The molecule has 5 N–H and O–H groups in total. The van der Waals surface area contributed by atoms with Crippen molar-refractivity contribution in [3.05, 3.63) is 87.6 Å². The van der Waals surface area contributed by atoms with Crippen molar-refractivity contribution in [2.75, 3.05) is 5.32 Å². The molecule has 0 amide bonds. The largest absolute Gasteiger partial charge is 0.428 e. The van der Waals surface area contributed by atoms with Crippen LogP contribution in [0.4, 0.5) is 11.6 Å². The second-order valence-corrected chi connectivity index (χ2v) is 11.9.